The van der Waals surface area contributed by atoms with Gasteiger partial charge in [0.25, 0.3) is 0 Å². The number of rotatable bonds is 4. The van der Waals surface area contributed by atoms with E-state index >= 15 is 0 Å². The average molecular weight is 422 g/mol. The molecule has 8 heteroatoms. The Bertz CT molecular complexity index is 967. The molecule has 0 unspecified atom stereocenters. The molecule has 126 valence electrons. The van der Waals surface area contributed by atoms with Gasteiger partial charge in [0.05, 0.1) is 17.5 Å². The van der Waals surface area contributed by atoms with E-state index in [-0.39, 0.29) is 22.8 Å². The zero-order valence-corrected chi connectivity index (χ0v) is 14.8. The number of aromatic hydroxyl groups is 1. The van der Waals surface area contributed by atoms with Crippen molar-refractivity contribution in [3.8, 4) is 17.4 Å². The third kappa shape index (κ3) is 3.89. The van der Waals surface area contributed by atoms with Gasteiger partial charge in [-0.1, -0.05) is 27.5 Å². The second-order valence-corrected chi connectivity index (χ2v) is 6.29. The molecule has 2 N–H and O–H groups in total. The van der Waals surface area contributed by atoms with Crippen molar-refractivity contribution in [2.45, 2.75) is 0 Å². The van der Waals surface area contributed by atoms with E-state index in [1.807, 2.05) is 0 Å². The number of nitrogens with zero attached hydrogens (tertiary/aromatic N) is 2. The number of carbonyl (C=O) groups is 1. The standard InChI is InChI=1S/C17H10BrClN2O4/c18-10-3-6-13(12(7-10)16(22)23)20-8-14-17(24)25-15(21-14)9-1-4-11(19)5-2-9/h1-8,24H,(H,22,23). The van der Waals surface area contributed by atoms with Crippen LogP contribution in [-0.4, -0.2) is 27.4 Å². The van der Waals surface area contributed by atoms with E-state index in [0.29, 0.717) is 15.1 Å². The van der Waals surface area contributed by atoms with Gasteiger partial charge in [-0.25, -0.2) is 9.78 Å². The lowest BCUT2D eigenvalue weighted by Crippen LogP contribution is -1.96. The number of hydrogen-bond donors (Lipinski definition) is 2. The van der Waals surface area contributed by atoms with Gasteiger partial charge in [0.1, 0.15) is 0 Å². The van der Waals surface area contributed by atoms with Crippen LogP contribution in [0.25, 0.3) is 11.5 Å². The summed E-state index contributed by atoms with van der Waals surface area (Å²) in [5, 5.41) is 19.7. The third-order valence-corrected chi connectivity index (χ3v) is 3.99. The molecule has 0 atom stereocenters. The third-order valence-electron chi connectivity index (χ3n) is 3.24. The molecule has 0 aliphatic heterocycles. The summed E-state index contributed by atoms with van der Waals surface area (Å²) in [7, 11) is 0. The Morgan fingerprint density at radius 2 is 1.96 bits per heavy atom. The SMILES string of the molecule is O=C(O)c1cc(Br)ccc1N=Cc1nc(-c2ccc(Cl)cc2)oc1O. The normalized spacial score (nSPS) is 11.1. The molecular weight excluding hydrogens is 412 g/mol. The molecule has 0 aliphatic carbocycles. The molecule has 0 bridgehead atoms. The van der Waals surface area contributed by atoms with Crippen molar-refractivity contribution < 1.29 is 19.4 Å². The lowest BCUT2D eigenvalue weighted by molar-refractivity contribution is 0.0697. The number of hydrogen-bond acceptors (Lipinski definition) is 5. The molecule has 0 saturated carbocycles. The molecule has 0 amide bonds. The fourth-order valence-electron chi connectivity index (χ4n) is 2.05. The van der Waals surface area contributed by atoms with E-state index in [1.165, 1.54) is 12.3 Å². The average Bonchev–Trinajstić information content (AvgIpc) is 2.95. The van der Waals surface area contributed by atoms with E-state index in [4.69, 9.17) is 16.0 Å². The highest BCUT2D eigenvalue weighted by Crippen LogP contribution is 2.28. The van der Waals surface area contributed by atoms with Gasteiger partial charge in [0.15, 0.2) is 5.69 Å². The first-order valence-electron chi connectivity index (χ1n) is 6.96. The fourth-order valence-corrected chi connectivity index (χ4v) is 2.53. The zero-order valence-electron chi connectivity index (χ0n) is 12.5. The fraction of sp³-hybridized carbons (Fsp3) is 0. The first kappa shape index (κ1) is 17.2. The summed E-state index contributed by atoms with van der Waals surface area (Å²) in [5.74, 6) is -1.33. The Kier molecular flexibility index (Phi) is 4.87. The molecule has 3 rings (SSSR count). The number of aromatic carboxylic acids is 1. The van der Waals surface area contributed by atoms with Crippen LogP contribution in [0.3, 0.4) is 0 Å². The Labute approximate surface area is 155 Å². The van der Waals surface area contributed by atoms with Gasteiger partial charge in [0.2, 0.25) is 5.89 Å². The van der Waals surface area contributed by atoms with Crippen LogP contribution in [-0.2, 0) is 0 Å². The van der Waals surface area contributed by atoms with Crippen molar-refractivity contribution in [2.24, 2.45) is 4.99 Å². The topological polar surface area (TPSA) is 95.9 Å². The minimum absolute atomic E-state index is 0.0199. The Hall–Kier alpha value is -2.64. The number of benzene rings is 2. The molecule has 0 saturated heterocycles. The molecule has 3 aromatic rings. The van der Waals surface area contributed by atoms with Gasteiger partial charge in [-0.15, -0.1) is 0 Å². The maximum absolute atomic E-state index is 11.3. The number of halogens is 2. The van der Waals surface area contributed by atoms with Gasteiger partial charge in [-0.3, -0.25) is 4.99 Å². The van der Waals surface area contributed by atoms with Crippen LogP contribution in [0.15, 0.2) is 56.3 Å². The number of carboxylic acid groups (broad SMARTS) is 1. The van der Waals surface area contributed by atoms with Gasteiger partial charge in [-0.2, -0.15) is 0 Å². The second-order valence-electron chi connectivity index (χ2n) is 4.94. The molecule has 1 heterocycles. The molecule has 0 spiro atoms. The van der Waals surface area contributed by atoms with E-state index in [1.54, 1.807) is 36.4 Å². The maximum Gasteiger partial charge on any atom is 0.337 e. The van der Waals surface area contributed by atoms with Gasteiger partial charge in [0, 0.05) is 15.1 Å². The van der Waals surface area contributed by atoms with E-state index < -0.39 is 11.9 Å². The number of aliphatic imine (C=N–C) groups is 1. The highest BCUT2D eigenvalue weighted by Gasteiger charge is 2.14. The van der Waals surface area contributed by atoms with Crippen molar-refractivity contribution in [1.29, 1.82) is 0 Å². The van der Waals surface area contributed by atoms with Crippen LogP contribution in [0.2, 0.25) is 5.02 Å². The molecule has 6 nitrogen and oxygen atoms in total. The summed E-state index contributed by atoms with van der Waals surface area (Å²) in [4.78, 5) is 19.5. The molecule has 2 aromatic carbocycles. The molecule has 0 radical (unpaired) electrons. The van der Waals surface area contributed by atoms with Crippen LogP contribution < -0.4 is 0 Å². The van der Waals surface area contributed by atoms with Crippen LogP contribution in [0.4, 0.5) is 5.69 Å². The van der Waals surface area contributed by atoms with Gasteiger partial charge < -0.3 is 14.6 Å². The van der Waals surface area contributed by atoms with E-state index in [0.717, 1.165) is 0 Å². The summed E-state index contributed by atoms with van der Waals surface area (Å²) < 4.78 is 5.84. The summed E-state index contributed by atoms with van der Waals surface area (Å²) >= 11 is 9.05. The number of aromatic nitrogens is 1. The van der Waals surface area contributed by atoms with Crippen molar-refractivity contribution in [1.82, 2.24) is 4.98 Å². The van der Waals surface area contributed by atoms with Crippen molar-refractivity contribution in [3.63, 3.8) is 0 Å². The highest BCUT2D eigenvalue weighted by atomic mass is 79.9. The first-order valence-corrected chi connectivity index (χ1v) is 8.14. The zero-order chi connectivity index (χ0) is 18.0. The lowest BCUT2D eigenvalue weighted by Gasteiger charge is -2.00. The van der Waals surface area contributed by atoms with Crippen molar-refractivity contribution in [2.75, 3.05) is 0 Å². The van der Waals surface area contributed by atoms with E-state index in [9.17, 15) is 15.0 Å². The summed E-state index contributed by atoms with van der Waals surface area (Å²) in [6.07, 6.45) is 1.24. The second kappa shape index (κ2) is 7.08. The number of oxazole rings is 1. The Morgan fingerprint density at radius 3 is 2.64 bits per heavy atom. The highest BCUT2D eigenvalue weighted by molar-refractivity contribution is 9.10. The van der Waals surface area contributed by atoms with Crippen LogP contribution in [0.1, 0.15) is 16.1 Å². The van der Waals surface area contributed by atoms with Crippen molar-refractivity contribution >= 4 is 45.4 Å². The molecular formula is C17H10BrClN2O4. The van der Waals surface area contributed by atoms with Crippen LogP contribution in [0, 0.1) is 0 Å². The van der Waals surface area contributed by atoms with E-state index in [2.05, 4.69) is 25.9 Å². The monoisotopic (exact) mass is 420 g/mol. The molecule has 0 fully saturated rings. The smallest absolute Gasteiger partial charge is 0.337 e. The largest absolute Gasteiger partial charge is 0.479 e. The summed E-state index contributed by atoms with van der Waals surface area (Å²) in [6.45, 7) is 0. The predicted octanol–water partition coefficient (Wildman–Crippen LogP) is 4.91. The Balaban J connectivity index is 1.93. The minimum Gasteiger partial charge on any atom is -0.479 e. The first-order chi connectivity index (χ1) is 11.9. The van der Waals surface area contributed by atoms with Gasteiger partial charge >= 0.3 is 11.9 Å². The quantitative estimate of drug-likeness (QED) is 0.583. The van der Waals surface area contributed by atoms with Gasteiger partial charge in [-0.05, 0) is 42.5 Å². The summed E-state index contributed by atoms with van der Waals surface area (Å²) in [5.41, 5.74) is 0.969. The van der Waals surface area contributed by atoms with Crippen molar-refractivity contribution in [3.05, 3.63) is 63.2 Å². The van der Waals surface area contributed by atoms with Crippen LogP contribution >= 0.6 is 27.5 Å². The molecule has 0 aliphatic rings. The number of carboxylic acids is 1. The predicted molar refractivity (Wildman–Crippen MR) is 97.0 cm³/mol. The summed E-state index contributed by atoms with van der Waals surface area (Å²) in [6, 6.07) is 11.4. The Morgan fingerprint density at radius 1 is 1.24 bits per heavy atom. The lowest BCUT2D eigenvalue weighted by atomic mass is 10.2. The molecule has 25 heavy (non-hydrogen) atoms. The van der Waals surface area contributed by atoms with Crippen LogP contribution in [0.5, 0.6) is 5.95 Å². The molecule has 1 aromatic heterocycles. The minimum atomic E-state index is -1.11. The maximum atomic E-state index is 11.3.